The van der Waals surface area contributed by atoms with Crippen LogP contribution in [0.25, 0.3) is 0 Å². The minimum atomic E-state index is -1.04. The van der Waals surface area contributed by atoms with Gasteiger partial charge in [-0.05, 0) is 18.1 Å². The van der Waals surface area contributed by atoms with Crippen molar-refractivity contribution in [2.45, 2.75) is 32.9 Å². The second kappa shape index (κ2) is 9.11. The Morgan fingerprint density at radius 3 is 2.63 bits per heavy atom. The lowest BCUT2D eigenvalue weighted by atomic mass is 9.99. The summed E-state index contributed by atoms with van der Waals surface area (Å²) in [6, 6.07) is 3.61. The highest BCUT2D eigenvalue weighted by Crippen LogP contribution is 2.17. The molecule has 1 aromatic heterocycles. The first kappa shape index (κ1) is 20.3. The molecule has 0 aliphatic rings. The van der Waals surface area contributed by atoms with E-state index < -0.39 is 29.6 Å². The molecular formula is C18H20F2N2O5. The summed E-state index contributed by atoms with van der Waals surface area (Å²) in [5.41, 5.74) is -0.0453. The van der Waals surface area contributed by atoms with Crippen LogP contribution in [0.4, 0.5) is 8.78 Å². The molecule has 1 amide bonds. The van der Waals surface area contributed by atoms with E-state index in [0.29, 0.717) is 6.42 Å². The zero-order valence-corrected chi connectivity index (χ0v) is 15.1. The van der Waals surface area contributed by atoms with E-state index in [1.54, 1.807) is 0 Å². The fraction of sp³-hybridized carbons (Fsp3) is 0.389. The number of halogens is 2. The summed E-state index contributed by atoms with van der Waals surface area (Å²) < 4.78 is 41.0. The van der Waals surface area contributed by atoms with Gasteiger partial charge in [-0.15, -0.1) is 0 Å². The summed E-state index contributed by atoms with van der Waals surface area (Å²) >= 11 is 0. The molecule has 1 aromatic carbocycles. The Morgan fingerprint density at radius 2 is 2.00 bits per heavy atom. The standard InChI is InChI=1S/C18H20F2N2O5/c1-4-10(2)16(18(24)25-3)21-17(23)15-8-12(27-22-15)9-26-11-5-6-13(19)14(20)7-11/h5-8,10,16H,4,9H2,1-3H3,(H,21,23)/t10-,16-/m0/s1. The third-order valence-corrected chi connectivity index (χ3v) is 4.02. The number of benzene rings is 1. The number of nitrogens with one attached hydrogen (secondary N) is 1. The number of nitrogens with zero attached hydrogens (tertiary/aromatic N) is 1. The van der Waals surface area contributed by atoms with E-state index in [2.05, 4.69) is 10.5 Å². The van der Waals surface area contributed by atoms with E-state index in [9.17, 15) is 18.4 Å². The van der Waals surface area contributed by atoms with Gasteiger partial charge in [0.15, 0.2) is 23.1 Å². The number of methoxy groups -OCH3 is 1. The Labute approximate surface area is 154 Å². The molecule has 0 aliphatic heterocycles. The second-order valence-corrected chi connectivity index (χ2v) is 5.90. The first-order chi connectivity index (χ1) is 12.8. The SMILES string of the molecule is CC[C@H](C)[C@H](NC(=O)c1cc(COc2ccc(F)c(F)c2)on1)C(=O)OC. The number of carbonyl (C=O) groups is 2. The van der Waals surface area contributed by atoms with E-state index in [1.165, 1.54) is 19.2 Å². The van der Waals surface area contributed by atoms with Crippen molar-refractivity contribution in [3.8, 4) is 5.75 Å². The summed E-state index contributed by atoms with van der Waals surface area (Å²) in [5, 5.41) is 6.20. The second-order valence-electron chi connectivity index (χ2n) is 5.90. The van der Waals surface area contributed by atoms with Gasteiger partial charge in [-0.2, -0.15) is 0 Å². The molecule has 0 aliphatic carbocycles. The number of ether oxygens (including phenoxy) is 2. The van der Waals surface area contributed by atoms with Crippen molar-refractivity contribution in [3.05, 3.63) is 47.4 Å². The largest absolute Gasteiger partial charge is 0.485 e. The van der Waals surface area contributed by atoms with Crippen LogP contribution < -0.4 is 10.1 Å². The number of hydrogen-bond donors (Lipinski definition) is 1. The molecule has 0 saturated carbocycles. The molecule has 0 bridgehead atoms. The Kier molecular flexibility index (Phi) is 6.86. The molecule has 0 saturated heterocycles. The smallest absolute Gasteiger partial charge is 0.328 e. The van der Waals surface area contributed by atoms with Crippen molar-refractivity contribution >= 4 is 11.9 Å². The molecule has 2 aromatic rings. The minimum Gasteiger partial charge on any atom is -0.485 e. The maximum atomic E-state index is 13.1. The molecular weight excluding hydrogens is 362 g/mol. The summed E-state index contributed by atoms with van der Waals surface area (Å²) in [6.07, 6.45) is 0.659. The number of esters is 1. The van der Waals surface area contributed by atoms with E-state index in [0.717, 1.165) is 12.1 Å². The number of carbonyl (C=O) groups excluding carboxylic acids is 2. The fourth-order valence-electron chi connectivity index (χ4n) is 2.22. The Bertz CT molecular complexity index is 809. The first-order valence-electron chi connectivity index (χ1n) is 8.27. The molecule has 0 radical (unpaired) electrons. The first-order valence-corrected chi connectivity index (χ1v) is 8.27. The van der Waals surface area contributed by atoms with Crippen molar-refractivity contribution < 1.29 is 32.4 Å². The molecule has 0 spiro atoms. The average molecular weight is 382 g/mol. The molecule has 1 heterocycles. The summed E-state index contributed by atoms with van der Waals surface area (Å²) in [7, 11) is 1.24. The Hall–Kier alpha value is -2.97. The van der Waals surface area contributed by atoms with E-state index in [-0.39, 0.29) is 29.7 Å². The van der Waals surface area contributed by atoms with Gasteiger partial charge in [0.25, 0.3) is 5.91 Å². The number of amides is 1. The van der Waals surface area contributed by atoms with Gasteiger partial charge < -0.3 is 19.3 Å². The molecule has 7 nitrogen and oxygen atoms in total. The van der Waals surface area contributed by atoms with E-state index in [4.69, 9.17) is 14.0 Å². The van der Waals surface area contributed by atoms with Gasteiger partial charge in [0.2, 0.25) is 0 Å². The van der Waals surface area contributed by atoms with Crippen LogP contribution in [0.5, 0.6) is 5.75 Å². The lowest BCUT2D eigenvalue weighted by Crippen LogP contribution is -2.45. The zero-order chi connectivity index (χ0) is 20.0. The highest BCUT2D eigenvalue weighted by molar-refractivity contribution is 5.95. The number of aromatic nitrogens is 1. The van der Waals surface area contributed by atoms with Crippen LogP contribution in [0.2, 0.25) is 0 Å². The number of hydrogen-bond acceptors (Lipinski definition) is 6. The van der Waals surface area contributed by atoms with Crippen molar-refractivity contribution in [1.29, 1.82) is 0 Å². The molecule has 2 atom stereocenters. The molecule has 146 valence electrons. The van der Waals surface area contributed by atoms with Gasteiger partial charge >= 0.3 is 5.97 Å². The highest BCUT2D eigenvalue weighted by atomic mass is 19.2. The lowest BCUT2D eigenvalue weighted by molar-refractivity contribution is -0.144. The molecule has 0 fully saturated rings. The summed E-state index contributed by atoms with van der Waals surface area (Å²) in [4.78, 5) is 24.1. The predicted octanol–water partition coefficient (Wildman–Crippen LogP) is 2.85. The third-order valence-electron chi connectivity index (χ3n) is 4.02. The maximum absolute atomic E-state index is 13.1. The minimum absolute atomic E-state index is 0.0453. The van der Waals surface area contributed by atoms with Crippen LogP contribution in [0.3, 0.4) is 0 Å². The van der Waals surface area contributed by atoms with Gasteiger partial charge in [0.1, 0.15) is 18.4 Å². The van der Waals surface area contributed by atoms with Crippen LogP contribution in [-0.4, -0.2) is 30.2 Å². The van der Waals surface area contributed by atoms with E-state index >= 15 is 0 Å². The topological polar surface area (TPSA) is 90.7 Å². The van der Waals surface area contributed by atoms with Crippen LogP contribution in [0.1, 0.15) is 36.5 Å². The van der Waals surface area contributed by atoms with Gasteiger partial charge in [-0.1, -0.05) is 25.4 Å². The zero-order valence-electron chi connectivity index (χ0n) is 15.1. The van der Waals surface area contributed by atoms with Crippen molar-refractivity contribution in [3.63, 3.8) is 0 Å². The molecule has 27 heavy (non-hydrogen) atoms. The highest BCUT2D eigenvalue weighted by Gasteiger charge is 2.28. The normalized spacial score (nSPS) is 12.9. The Morgan fingerprint density at radius 1 is 1.26 bits per heavy atom. The maximum Gasteiger partial charge on any atom is 0.328 e. The van der Waals surface area contributed by atoms with Crippen molar-refractivity contribution in [2.75, 3.05) is 7.11 Å². The Balaban J connectivity index is 1.99. The fourth-order valence-corrected chi connectivity index (χ4v) is 2.22. The van der Waals surface area contributed by atoms with Crippen LogP contribution in [0.15, 0.2) is 28.8 Å². The van der Waals surface area contributed by atoms with Gasteiger partial charge in [0.05, 0.1) is 7.11 Å². The van der Waals surface area contributed by atoms with Crippen molar-refractivity contribution in [2.24, 2.45) is 5.92 Å². The molecule has 1 N–H and O–H groups in total. The van der Waals surface area contributed by atoms with Crippen LogP contribution in [-0.2, 0) is 16.1 Å². The third kappa shape index (κ3) is 5.25. The average Bonchev–Trinajstić information content (AvgIpc) is 3.14. The number of rotatable bonds is 8. The summed E-state index contributed by atoms with van der Waals surface area (Å²) in [6.45, 7) is 3.56. The predicted molar refractivity (Wildman–Crippen MR) is 89.9 cm³/mol. The monoisotopic (exact) mass is 382 g/mol. The van der Waals surface area contributed by atoms with Crippen molar-refractivity contribution in [1.82, 2.24) is 10.5 Å². The molecule has 2 rings (SSSR count). The van der Waals surface area contributed by atoms with Gasteiger partial charge in [0, 0.05) is 12.1 Å². The van der Waals surface area contributed by atoms with E-state index in [1.807, 2.05) is 13.8 Å². The quantitative estimate of drug-likeness (QED) is 0.706. The van der Waals surface area contributed by atoms with Gasteiger partial charge in [-0.25, -0.2) is 13.6 Å². The van der Waals surface area contributed by atoms with Crippen LogP contribution in [0, 0.1) is 17.6 Å². The molecule has 0 unspecified atom stereocenters. The lowest BCUT2D eigenvalue weighted by Gasteiger charge is -2.21. The molecule has 9 heteroatoms. The van der Waals surface area contributed by atoms with Crippen LogP contribution >= 0.6 is 0 Å². The summed E-state index contributed by atoms with van der Waals surface area (Å²) in [5.74, 6) is -3.02. The van der Waals surface area contributed by atoms with Gasteiger partial charge in [-0.3, -0.25) is 4.79 Å².